The van der Waals surface area contributed by atoms with Crippen molar-refractivity contribution in [3.8, 4) is 0 Å². The van der Waals surface area contributed by atoms with Gasteiger partial charge in [0, 0.05) is 19.3 Å². The van der Waals surface area contributed by atoms with Crippen molar-refractivity contribution in [2.45, 2.75) is 31.1 Å². The predicted octanol–water partition coefficient (Wildman–Crippen LogP) is 3.30. The molecule has 0 atom stereocenters. The molecule has 1 N–H and O–H groups in total. The van der Waals surface area contributed by atoms with E-state index in [0.29, 0.717) is 5.39 Å². The average molecular weight is 415 g/mol. The topological polar surface area (TPSA) is 110 Å². The minimum absolute atomic E-state index is 0.131. The first-order valence-corrected chi connectivity index (χ1v) is 10.8. The predicted molar refractivity (Wildman–Crippen MR) is 109 cm³/mol. The van der Waals surface area contributed by atoms with Gasteiger partial charge in [0.05, 0.1) is 15.2 Å². The second-order valence-electron chi connectivity index (χ2n) is 7.10. The summed E-state index contributed by atoms with van der Waals surface area (Å²) in [5.74, 6) is 0. The Balaban J connectivity index is 1.83. The van der Waals surface area contributed by atoms with Gasteiger partial charge in [-0.15, -0.1) is 0 Å². The lowest BCUT2D eigenvalue weighted by Gasteiger charge is -2.27. The number of anilines is 1. The Morgan fingerprint density at radius 3 is 2.45 bits per heavy atom. The SMILES string of the molecule is Cc1ccc(S(=O)(=O)n2ccc3c(NN4CCCCC4)c([N+](=O)[O-])cnc32)cc1. The van der Waals surface area contributed by atoms with E-state index in [1.165, 1.54) is 18.3 Å². The van der Waals surface area contributed by atoms with Crippen LogP contribution in [0.2, 0.25) is 0 Å². The van der Waals surface area contributed by atoms with Crippen LogP contribution in [0.3, 0.4) is 0 Å². The minimum Gasteiger partial charge on any atom is -0.312 e. The van der Waals surface area contributed by atoms with Crippen molar-refractivity contribution < 1.29 is 13.3 Å². The molecule has 3 heterocycles. The molecule has 0 aliphatic carbocycles. The zero-order valence-electron chi connectivity index (χ0n) is 15.9. The Bertz CT molecular complexity index is 1170. The number of nitrogens with zero attached hydrogens (tertiary/aromatic N) is 4. The number of rotatable bonds is 5. The van der Waals surface area contributed by atoms with Crippen LogP contribution >= 0.6 is 0 Å². The van der Waals surface area contributed by atoms with E-state index in [0.717, 1.165) is 48.1 Å². The molecule has 0 radical (unpaired) electrons. The Kier molecular flexibility index (Phi) is 4.97. The van der Waals surface area contributed by atoms with Crippen LogP contribution in [0.1, 0.15) is 24.8 Å². The summed E-state index contributed by atoms with van der Waals surface area (Å²) < 4.78 is 27.3. The van der Waals surface area contributed by atoms with E-state index in [9.17, 15) is 18.5 Å². The van der Waals surface area contributed by atoms with Gasteiger partial charge in [-0.2, -0.15) is 0 Å². The van der Waals surface area contributed by atoms with Gasteiger partial charge in [-0.1, -0.05) is 24.1 Å². The molecule has 1 aromatic carbocycles. The summed E-state index contributed by atoms with van der Waals surface area (Å²) in [7, 11) is -3.88. The summed E-state index contributed by atoms with van der Waals surface area (Å²) >= 11 is 0. The van der Waals surface area contributed by atoms with Gasteiger partial charge in [0.1, 0.15) is 11.9 Å². The summed E-state index contributed by atoms with van der Waals surface area (Å²) in [5, 5.41) is 13.9. The van der Waals surface area contributed by atoms with Gasteiger partial charge in [-0.05, 0) is 38.0 Å². The van der Waals surface area contributed by atoms with Gasteiger partial charge >= 0.3 is 5.69 Å². The van der Waals surface area contributed by atoms with E-state index in [1.807, 2.05) is 11.9 Å². The van der Waals surface area contributed by atoms with Gasteiger partial charge in [-0.25, -0.2) is 22.4 Å². The zero-order valence-corrected chi connectivity index (χ0v) is 16.7. The van der Waals surface area contributed by atoms with Crippen molar-refractivity contribution >= 4 is 32.4 Å². The summed E-state index contributed by atoms with van der Waals surface area (Å²) in [6.45, 7) is 3.41. The Hall–Kier alpha value is -2.98. The molecule has 10 heteroatoms. The standard InChI is InChI=1S/C19H21N5O4S/c1-14-5-7-15(8-6-14)29(27,28)23-12-9-16-18(21-22-10-3-2-4-11-22)17(24(25)26)13-20-19(16)23/h5-9,12-13H,2-4,10-11H2,1H3,(H,20,21). The molecular weight excluding hydrogens is 394 g/mol. The molecule has 0 saturated carbocycles. The first-order valence-electron chi connectivity index (χ1n) is 9.36. The molecule has 1 aliphatic rings. The highest BCUT2D eigenvalue weighted by Crippen LogP contribution is 2.34. The van der Waals surface area contributed by atoms with Crippen LogP contribution in [0.4, 0.5) is 11.4 Å². The smallest absolute Gasteiger partial charge is 0.312 e. The van der Waals surface area contributed by atoms with Crippen LogP contribution in [0.25, 0.3) is 11.0 Å². The molecule has 152 valence electrons. The highest BCUT2D eigenvalue weighted by Gasteiger charge is 2.26. The lowest BCUT2D eigenvalue weighted by molar-refractivity contribution is -0.384. The number of aromatic nitrogens is 2. The maximum absolute atomic E-state index is 13.1. The molecule has 1 saturated heterocycles. The molecule has 0 spiro atoms. The molecule has 9 nitrogen and oxygen atoms in total. The highest BCUT2D eigenvalue weighted by molar-refractivity contribution is 7.90. The number of pyridine rings is 1. The molecule has 3 aromatic rings. The van der Waals surface area contributed by atoms with E-state index in [1.54, 1.807) is 18.2 Å². The van der Waals surface area contributed by atoms with E-state index in [-0.39, 0.29) is 21.9 Å². The molecule has 0 bridgehead atoms. The number of nitrogens with one attached hydrogen (secondary N) is 1. The normalized spacial score (nSPS) is 15.5. The van der Waals surface area contributed by atoms with Gasteiger partial charge in [0.2, 0.25) is 0 Å². The maximum Gasteiger partial charge on any atom is 0.312 e. The van der Waals surface area contributed by atoms with E-state index < -0.39 is 14.9 Å². The van der Waals surface area contributed by atoms with Crippen LogP contribution in [0.15, 0.2) is 47.6 Å². The van der Waals surface area contributed by atoms with Crippen molar-refractivity contribution in [3.05, 3.63) is 58.4 Å². The molecule has 2 aromatic heterocycles. The summed E-state index contributed by atoms with van der Waals surface area (Å²) in [5.41, 5.74) is 4.30. The van der Waals surface area contributed by atoms with Gasteiger partial charge in [0.15, 0.2) is 5.65 Å². The molecule has 0 amide bonds. The van der Waals surface area contributed by atoms with E-state index in [2.05, 4.69) is 10.4 Å². The fourth-order valence-corrected chi connectivity index (χ4v) is 4.79. The Morgan fingerprint density at radius 1 is 1.10 bits per heavy atom. The van der Waals surface area contributed by atoms with Crippen LogP contribution in [0, 0.1) is 17.0 Å². The first-order chi connectivity index (χ1) is 13.9. The zero-order chi connectivity index (χ0) is 20.6. The lowest BCUT2D eigenvalue weighted by atomic mass is 10.2. The molecular formula is C19H21N5O4S. The quantitative estimate of drug-likeness (QED) is 0.503. The second-order valence-corrected chi connectivity index (χ2v) is 8.92. The fourth-order valence-electron chi connectivity index (χ4n) is 3.49. The third-order valence-electron chi connectivity index (χ3n) is 5.06. The van der Waals surface area contributed by atoms with Crippen molar-refractivity contribution in [1.29, 1.82) is 0 Å². The van der Waals surface area contributed by atoms with Gasteiger partial charge < -0.3 is 5.43 Å². The summed E-state index contributed by atoms with van der Waals surface area (Å²) in [6, 6.07) is 8.07. The Labute approximate surface area is 168 Å². The number of hydrogen-bond donors (Lipinski definition) is 1. The Morgan fingerprint density at radius 2 is 1.79 bits per heavy atom. The monoisotopic (exact) mass is 415 g/mol. The van der Waals surface area contributed by atoms with Crippen LogP contribution < -0.4 is 5.43 Å². The number of piperidine rings is 1. The third-order valence-corrected chi connectivity index (χ3v) is 6.74. The number of aryl methyl sites for hydroxylation is 1. The van der Waals surface area contributed by atoms with Crippen LogP contribution in [0.5, 0.6) is 0 Å². The van der Waals surface area contributed by atoms with Gasteiger partial charge in [0.25, 0.3) is 10.0 Å². The van der Waals surface area contributed by atoms with E-state index in [4.69, 9.17) is 0 Å². The fraction of sp³-hybridized carbons (Fsp3) is 0.316. The first kappa shape index (κ1) is 19.3. The maximum atomic E-state index is 13.1. The number of fused-ring (bicyclic) bond motifs is 1. The number of benzene rings is 1. The molecule has 1 aliphatic heterocycles. The van der Waals surface area contributed by atoms with Crippen molar-refractivity contribution in [2.24, 2.45) is 0 Å². The highest BCUT2D eigenvalue weighted by atomic mass is 32.2. The largest absolute Gasteiger partial charge is 0.312 e. The molecule has 1 fully saturated rings. The second kappa shape index (κ2) is 7.45. The minimum atomic E-state index is -3.88. The molecule has 4 rings (SSSR count). The summed E-state index contributed by atoms with van der Waals surface area (Å²) in [6.07, 6.45) is 5.61. The van der Waals surface area contributed by atoms with E-state index >= 15 is 0 Å². The van der Waals surface area contributed by atoms with Crippen LogP contribution in [-0.2, 0) is 10.0 Å². The lowest BCUT2D eigenvalue weighted by Crippen LogP contribution is -2.35. The number of nitro groups is 1. The number of hydrogen-bond acceptors (Lipinski definition) is 7. The average Bonchev–Trinajstić information content (AvgIpc) is 3.14. The summed E-state index contributed by atoms with van der Waals surface area (Å²) in [4.78, 5) is 15.3. The van der Waals surface area contributed by atoms with Crippen molar-refractivity contribution in [3.63, 3.8) is 0 Å². The third kappa shape index (κ3) is 3.56. The molecule has 0 unspecified atom stereocenters. The number of hydrazine groups is 1. The molecule has 29 heavy (non-hydrogen) atoms. The van der Waals surface area contributed by atoms with Crippen LogP contribution in [-0.4, -0.2) is 40.4 Å². The van der Waals surface area contributed by atoms with Gasteiger partial charge in [-0.3, -0.25) is 10.1 Å². The van der Waals surface area contributed by atoms with Crippen molar-refractivity contribution in [1.82, 2.24) is 14.0 Å². The van der Waals surface area contributed by atoms with Crippen molar-refractivity contribution in [2.75, 3.05) is 18.5 Å².